The number of fused-ring (bicyclic) bond motifs is 1. The summed E-state index contributed by atoms with van der Waals surface area (Å²) in [5.74, 6) is 2.02. The van der Waals surface area contributed by atoms with E-state index in [1.165, 1.54) is 0 Å². The van der Waals surface area contributed by atoms with Crippen LogP contribution in [-0.4, -0.2) is 11.2 Å². The summed E-state index contributed by atoms with van der Waals surface area (Å²) in [6.45, 7) is 0.871. The van der Waals surface area contributed by atoms with Crippen molar-refractivity contribution in [3.8, 4) is 17.2 Å². The van der Waals surface area contributed by atoms with Crippen molar-refractivity contribution in [2.75, 3.05) is 0 Å². The fraction of sp³-hybridized carbons (Fsp3) is 0.172. The molecule has 4 aromatic carbocycles. The first-order valence-electron chi connectivity index (χ1n) is 11.2. The van der Waals surface area contributed by atoms with Gasteiger partial charge in [-0.05, 0) is 16.7 Å². The summed E-state index contributed by atoms with van der Waals surface area (Å²) < 4.78 is 18.6. The monoisotopic (exact) mass is 438 g/mol. The molecule has 0 spiro atoms. The second-order valence-corrected chi connectivity index (χ2v) is 8.17. The van der Waals surface area contributed by atoms with Crippen LogP contribution in [-0.2, 0) is 19.6 Å². The molecular formula is C29H26O4. The minimum absolute atomic E-state index is 0.424. The summed E-state index contributed by atoms with van der Waals surface area (Å²) in [6, 6.07) is 33.7. The summed E-state index contributed by atoms with van der Waals surface area (Å²) in [5, 5.41) is 10.9. The van der Waals surface area contributed by atoms with Crippen LogP contribution in [0.5, 0.6) is 17.2 Å². The highest BCUT2D eigenvalue weighted by Crippen LogP contribution is 2.43. The van der Waals surface area contributed by atoms with Gasteiger partial charge in [-0.1, -0.05) is 91.0 Å². The van der Waals surface area contributed by atoms with Crippen LogP contribution < -0.4 is 14.2 Å². The minimum Gasteiger partial charge on any atom is -0.489 e. The lowest BCUT2D eigenvalue weighted by molar-refractivity contribution is 0.0194. The molecular weight excluding hydrogens is 412 g/mol. The van der Waals surface area contributed by atoms with E-state index in [2.05, 4.69) is 0 Å². The predicted molar refractivity (Wildman–Crippen MR) is 128 cm³/mol. The van der Waals surface area contributed by atoms with Gasteiger partial charge in [-0.15, -0.1) is 0 Å². The van der Waals surface area contributed by atoms with Gasteiger partial charge in [0.1, 0.15) is 36.6 Å². The van der Waals surface area contributed by atoms with Crippen LogP contribution in [0, 0.1) is 0 Å². The lowest BCUT2D eigenvalue weighted by Gasteiger charge is -2.32. The molecule has 1 aliphatic heterocycles. The average Bonchev–Trinajstić information content (AvgIpc) is 2.87. The van der Waals surface area contributed by atoms with Gasteiger partial charge in [-0.2, -0.15) is 0 Å². The Bertz CT molecular complexity index is 1160. The molecule has 166 valence electrons. The molecule has 4 nitrogen and oxygen atoms in total. The molecule has 33 heavy (non-hydrogen) atoms. The van der Waals surface area contributed by atoms with Gasteiger partial charge in [-0.3, -0.25) is 0 Å². The third-order valence-electron chi connectivity index (χ3n) is 5.77. The Labute approximate surface area is 194 Å². The SMILES string of the molecule is O[C@H]1Cc2c(OCc3ccccc3)cc(OCc3ccccc3)cc2O[C@H]1c1ccccc1. The molecule has 0 aromatic heterocycles. The van der Waals surface area contributed by atoms with E-state index in [1.54, 1.807) is 0 Å². The molecule has 0 saturated carbocycles. The molecule has 0 amide bonds. The lowest BCUT2D eigenvalue weighted by Crippen LogP contribution is -2.30. The zero-order chi connectivity index (χ0) is 22.5. The molecule has 0 unspecified atom stereocenters. The Morgan fingerprint density at radius 1 is 0.727 bits per heavy atom. The predicted octanol–water partition coefficient (Wildman–Crippen LogP) is 5.88. The Kier molecular flexibility index (Phi) is 6.27. The summed E-state index contributed by atoms with van der Waals surface area (Å²) in [4.78, 5) is 0. The van der Waals surface area contributed by atoms with Crippen molar-refractivity contribution in [2.45, 2.75) is 31.8 Å². The smallest absolute Gasteiger partial charge is 0.150 e. The normalized spacial score (nSPS) is 17.0. The maximum atomic E-state index is 10.9. The number of hydrogen-bond acceptors (Lipinski definition) is 4. The number of aliphatic hydroxyl groups is 1. The summed E-state index contributed by atoms with van der Waals surface area (Å²) in [6.07, 6.45) is -0.669. The molecule has 1 aliphatic rings. The molecule has 0 aliphatic carbocycles. The van der Waals surface area contributed by atoms with Gasteiger partial charge in [0.05, 0.1) is 6.10 Å². The Balaban J connectivity index is 1.44. The van der Waals surface area contributed by atoms with Crippen LogP contribution >= 0.6 is 0 Å². The van der Waals surface area contributed by atoms with Crippen molar-refractivity contribution < 1.29 is 19.3 Å². The quantitative estimate of drug-likeness (QED) is 0.391. The molecule has 5 rings (SSSR count). The molecule has 1 heterocycles. The Hall–Kier alpha value is -3.76. The van der Waals surface area contributed by atoms with Crippen LogP contribution in [0.3, 0.4) is 0 Å². The van der Waals surface area contributed by atoms with Gasteiger partial charge < -0.3 is 19.3 Å². The van der Waals surface area contributed by atoms with Crippen LogP contribution in [0.15, 0.2) is 103 Å². The zero-order valence-corrected chi connectivity index (χ0v) is 18.3. The first-order chi connectivity index (χ1) is 16.3. The van der Waals surface area contributed by atoms with Crippen molar-refractivity contribution in [2.24, 2.45) is 0 Å². The summed E-state index contributed by atoms with van der Waals surface area (Å²) >= 11 is 0. The second-order valence-electron chi connectivity index (χ2n) is 8.17. The molecule has 0 fully saturated rings. The van der Waals surface area contributed by atoms with Crippen molar-refractivity contribution in [3.63, 3.8) is 0 Å². The number of benzene rings is 4. The molecule has 1 N–H and O–H groups in total. The van der Waals surface area contributed by atoms with Gasteiger partial charge in [0, 0.05) is 24.1 Å². The highest BCUT2D eigenvalue weighted by atomic mass is 16.5. The van der Waals surface area contributed by atoms with Crippen LogP contribution in [0.25, 0.3) is 0 Å². The van der Waals surface area contributed by atoms with Crippen molar-refractivity contribution in [3.05, 3.63) is 125 Å². The molecule has 2 atom stereocenters. The van der Waals surface area contributed by atoms with E-state index in [0.717, 1.165) is 22.3 Å². The van der Waals surface area contributed by atoms with Crippen molar-refractivity contribution in [1.82, 2.24) is 0 Å². The third kappa shape index (κ3) is 5.02. The van der Waals surface area contributed by atoms with Gasteiger partial charge in [0.2, 0.25) is 0 Å². The lowest BCUT2D eigenvalue weighted by atomic mass is 9.94. The highest BCUT2D eigenvalue weighted by molar-refractivity contribution is 5.53. The van der Waals surface area contributed by atoms with E-state index >= 15 is 0 Å². The van der Waals surface area contributed by atoms with E-state index in [9.17, 15) is 5.11 Å². The molecule has 0 radical (unpaired) electrons. The fourth-order valence-electron chi connectivity index (χ4n) is 4.05. The molecule has 0 saturated heterocycles. The fourth-order valence-corrected chi connectivity index (χ4v) is 4.05. The third-order valence-corrected chi connectivity index (χ3v) is 5.77. The van der Waals surface area contributed by atoms with Crippen molar-refractivity contribution in [1.29, 1.82) is 0 Å². The number of ether oxygens (including phenoxy) is 3. The van der Waals surface area contributed by atoms with Crippen LogP contribution in [0.1, 0.15) is 28.4 Å². The van der Waals surface area contributed by atoms with Gasteiger partial charge in [-0.25, -0.2) is 0 Å². The van der Waals surface area contributed by atoms with E-state index in [0.29, 0.717) is 36.9 Å². The Morgan fingerprint density at radius 2 is 1.30 bits per heavy atom. The van der Waals surface area contributed by atoms with E-state index in [1.807, 2.05) is 103 Å². The molecule has 0 bridgehead atoms. The van der Waals surface area contributed by atoms with Gasteiger partial charge in [0.25, 0.3) is 0 Å². The zero-order valence-electron chi connectivity index (χ0n) is 18.3. The van der Waals surface area contributed by atoms with Gasteiger partial charge in [0.15, 0.2) is 0 Å². The molecule has 4 aromatic rings. The first kappa shape index (κ1) is 21.1. The maximum Gasteiger partial charge on any atom is 0.150 e. The summed E-state index contributed by atoms with van der Waals surface area (Å²) in [7, 11) is 0. The maximum absolute atomic E-state index is 10.9. The second kappa shape index (κ2) is 9.80. The first-order valence-corrected chi connectivity index (χ1v) is 11.2. The highest BCUT2D eigenvalue weighted by Gasteiger charge is 2.32. The van der Waals surface area contributed by atoms with Crippen molar-refractivity contribution >= 4 is 0 Å². The largest absolute Gasteiger partial charge is 0.489 e. The van der Waals surface area contributed by atoms with E-state index in [4.69, 9.17) is 14.2 Å². The van der Waals surface area contributed by atoms with Crippen LogP contribution in [0.2, 0.25) is 0 Å². The average molecular weight is 439 g/mol. The number of aliphatic hydroxyl groups excluding tert-OH is 1. The van der Waals surface area contributed by atoms with E-state index < -0.39 is 12.2 Å². The minimum atomic E-state index is -0.671. The van der Waals surface area contributed by atoms with E-state index in [-0.39, 0.29) is 0 Å². The number of rotatable bonds is 7. The number of hydrogen-bond donors (Lipinski definition) is 1. The van der Waals surface area contributed by atoms with Crippen LogP contribution in [0.4, 0.5) is 0 Å². The topological polar surface area (TPSA) is 47.9 Å². The summed E-state index contributed by atoms with van der Waals surface area (Å²) in [5.41, 5.74) is 3.96. The molecule has 4 heteroatoms. The van der Waals surface area contributed by atoms with Gasteiger partial charge >= 0.3 is 0 Å². The Morgan fingerprint density at radius 3 is 1.94 bits per heavy atom. The standard InChI is InChI=1S/C29H26O4/c30-26-18-25-27(32-20-22-12-6-2-7-13-22)16-24(31-19-21-10-4-1-5-11-21)17-28(25)33-29(26)23-14-8-3-9-15-23/h1-17,26,29-30H,18-20H2/t26-,29-/m0/s1.